The number of aromatic hydroxyl groups is 1. The number of anilines is 1. The van der Waals surface area contributed by atoms with Crippen LogP contribution in [0.25, 0.3) is 0 Å². The molecule has 0 radical (unpaired) electrons. The number of nitrogens with two attached hydrogens (primary N) is 1. The van der Waals surface area contributed by atoms with Crippen LogP contribution < -0.4 is 11.1 Å². The number of hydrogen-bond acceptors (Lipinski definition) is 4. The van der Waals surface area contributed by atoms with Crippen molar-refractivity contribution in [3.05, 3.63) is 47.2 Å². The van der Waals surface area contributed by atoms with Gasteiger partial charge in [0.2, 0.25) is 5.91 Å². The molecule has 0 aliphatic carbocycles. The lowest BCUT2D eigenvalue weighted by Crippen LogP contribution is -2.34. The predicted molar refractivity (Wildman–Crippen MR) is 82.3 cm³/mol. The first-order valence-corrected chi connectivity index (χ1v) is 7.04. The number of primary amides is 1. The molecule has 2 aliphatic heterocycles. The molecule has 0 bridgehead atoms. The molecule has 4 N–H and O–H groups in total. The number of aryl methyl sites for hydroxylation is 1. The summed E-state index contributed by atoms with van der Waals surface area (Å²) in [5, 5.41) is 13.3. The van der Waals surface area contributed by atoms with Crippen LogP contribution in [-0.4, -0.2) is 34.4 Å². The molecule has 22 heavy (non-hydrogen) atoms. The van der Waals surface area contributed by atoms with Gasteiger partial charge in [0.15, 0.2) is 0 Å². The lowest BCUT2D eigenvalue weighted by molar-refractivity contribution is -0.113. The summed E-state index contributed by atoms with van der Waals surface area (Å²) in [5.41, 5.74) is 7.62. The highest BCUT2D eigenvalue weighted by Crippen LogP contribution is 2.36. The van der Waals surface area contributed by atoms with Gasteiger partial charge in [0.1, 0.15) is 5.75 Å². The Morgan fingerprint density at radius 3 is 3.00 bits per heavy atom. The van der Waals surface area contributed by atoms with Gasteiger partial charge >= 0.3 is 0 Å². The number of fused-ring (bicyclic) bond motifs is 2. The van der Waals surface area contributed by atoms with E-state index in [4.69, 9.17) is 5.73 Å². The number of phenols is 1. The predicted octanol–water partition coefficient (Wildman–Crippen LogP) is 1.27. The molecule has 0 saturated carbocycles. The van der Waals surface area contributed by atoms with Crippen LogP contribution in [0.1, 0.15) is 22.3 Å². The molecule has 0 aromatic heterocycles. The van der Waals surface area contributed by atoms with Gasteiger partial charge in [-0.25, -0.2) is 0 Å². The molecule has 2 heterocycles. The van der Waals surface area contributed by atoms with E-state index in [0.717, 1.165) is 11.1 Å². The summed E-state index contributed by atoms with van der Waals surface area (Å²) in [5.74, 6) is -0.564. The Hall–Kier alpha value is -2.76. The van der Waals surface area contributed by atoms with E-state index in [1.807, 2.05) is 0 Å². The second kappa shape index (κ2) is 5.22. The van der Waals surface area contributed by atoms with Crippen LogP contribution in [0.5, 0.6) is 5.75 Å². The van der Waals surface area contributed by atoms with Crippen molar-refractivity contribution in [2.45, 2.75) is 19.4 Å². The lowest BCUT2D eigenvalue weighted by Gasteiger charge is -2.20. The Labute approximate surface area is 127 Å². The third-order valence-corrected chi connectivity index (χ3v) is 3.99. The molecule has 6 nitrogen and oxygen atoms in total. The molecule has 1 atom stereocenters. The van der Waals surface area contributed by atoms with Gasteiger partial charge in [0, 0.05) is 18.8 Å². The number of carbonyl (C=O) groups is 2. The maximum atomic E-state index is 12.7. The van der Waals surface area contributed by atoms with E-state index in [1.54, 1.807) is 36.2 Å². The molecular formula is C16H17N3O3. The maximum Gasteiger partial charge on any atom is 0.260 e. The van der Waals surface area contributed by atoms with Crippen molar-refractivity contribution in [2.75, 3.05) is 11.9 Å². The molecule has 3 rings (SSSR count). The minimum absolute atomic E-state index is 0.0490. The second-order valence-corrected chi connectivity index (χ2v) is 5.54. The van der Waals surface area contributed by atoms with Gasteiger partial charge in [-0.2, -0.15) is 0 Å². The van der Waals surface area contributed by atoms with Crippen molar-refractivity contribution in [3.8, 4) is 5.75 Å². The molecule has 0 fully saturated rings. The SMILES string of the molecule is Cc1ccc2c(c1O)NC[C@@H]1CC(/C=C/C(N)=O)=CN1C2=O. The van der Waals surface area contributed by atoms with Gasteiger partial charge in [-0.15, -0.1) is 0 Å². The average Bonchev–Trinajstić information content (AvgIpc) is 2.84. The number of amides is 2. The smallest absolute Gasteiger partial charge is 0.260 e. The Morgan fingerprint density at radius 2 is 2.27 bits per heavy atom. The third-order valence-electron chi connectivity index (χ3n) is 3.99. The molecule has 2 aliphatic rings. The van der Waals surface area contributed by atoms with E-state index < -0.39 is 5.91 Å². The highest BCUT2D eigenvalue weighted by atomic mass is 16.3. The molecule has 1 aromatic rings. The van der Waals surface area contributed by atoms with Crippen LogP contribution >= 0.6 is 0 Å². The second-order valence-electron chi connectivity index (χ2n) is 5.54. The van der Waals surface area contributed by atoms with Crippen LogP contribution in [0.2, 0.25) is 0 Å². The standard InChI is InChI=1S/C16H17N3O3/c1-9-2-4-12-14(15(9)21)18-7-11-6-10(3-5-13(17)20)8-19(11)16(12)22/h2-5,8,11,18,21H,6-7H2,1H3,(H2,17,20)/b5-3+/t11-/m0/s1. The quantitative estimate of drug-likeness (QED) is 0.566. The molecule has 114 valence electrons. The van der Waals surface area contributed by atoms with Gasteiger partial charge in [0.05, 0.1) is 17.3 Å². The fraction of sp³-hybridized carbons (Fsp3) is 0.250. The van der Waals surface area contributed by atoms with Crippen molar-refractivity contribution < 1.29 is 14.7 Å². The van der Waals surface area contributed by atoms with Crippen LogP contribution in [0.15, 0.2) is 36.1 Å². The number of benzene rings is 1. The average molecular weight is 299 g/mol. The lowest BCUT2D eigenvalue weighted by atomic mass is 10.1. The zero-order chi connectivity index (χ0) is 15.9. The zero-order valence-electron chi connectivity index (χ0n) is 12.2. The Bertz CT molecular complexity index is 722. The Balaban J connectivity index is 1.95. The van der Waals surface area contributed by atoms with Crippen LogP contribution in [-0.2, 0) is 4.79 Å². The molecule has 1 aromatic carbocycles. The molecule has 0 unspecified atom stereocenters. The first-order chi connectivity index (χ1) is 10.5. The minimum Gasteiger partial charge on any atom is -0.505 e. The molecule has 0 saturated heterocycles. The van der Waals surface area contributed by atoms with Crippen molar-refractivity contribution in [1.82, 2.24) is 4.90 Å². The number of hydrogen-bond donors (Lipinski definition) is 3. The topological polar surface area (TPSA) is 95.7 Å². The highest BCUT2D eigenvalue weighted by Gasteiger charge is 2.34. The van der Waals surface area contributed by atoms with Gasteiger partial charge in [-0.05, 0) is 30.5 Å². The summed E-state index contributed by atoms with van der Waals surface area (Å²) in [6.45, 7) is 2.32. The molecule has 2 amide bonds. The maximum absolute atomic E-state index is 12.7. The number of phenolic OH excluding ortho intramolecular Hbond substituents is 1. The molecule has 6 heteroatoms. The first-order valence-electron chi connectivity index (χ1n) is 7.04. The van der Waals surface area contributed by atoms with E-state index >= 15 is 0 Å². The summed E-state index contributed by atoms with van der Waals surface area (Å²) < 4.78 is 0. The van der Waals surface area contributed by atoms with Crippen molar-refractivity contribution in [2.24, 2.45) is 5.73 Å². The zero-order valence-corrected chi connectivity index (χ0v) is 12.2. The van der Waals surface area contributed by atoms with Crippen LogP contribution in [0, 0.1) is 6.92 Å². The summed E-state index contributed by atoms with van der Waals surface area (Å²) >= 11 is 0. The Kier molecular flexibility index (Phi) is 3.36. The van der Waals surface area contributed by atoms with E-state index in [-0.39, 0.29) is 17.7 Å². The summed E-state index contributed by atoms with van der Waals surface area (Å²) in [4.78, 5) is 25.1. The van der Waals surface area contributed by atoms with E-state index in [0.29, 0.717) is 24.2 Å². The normalized spacial score (nSPS) is 20.2. The van der Waals surface area contributed by atoms with Crippen LogP contribution in [0.4, 0.5) is 5.69 Å². The van der Waals surface area contributed by atoms with Gasteiger partial charge in [-0.1, -0.05) is 12.1 Å². The van der Waals surface area contributed by atoms with E-state index in [2.05, 4.69) is 5.32 Å². The number of nitrogens with zero attached hydrogens (tertiary/aromatic N) is 1. The van der Waals surface area contributed by atoms with Crippen molar-refractivity contribution in [3.63, 3.8) is 0 Å². The van der Waals surface area contributed by atoms with Crippen molar-refractivity contribution in [1.29, 1.82) is 0 Å². The van der Waals surface area contributed by atoms with Gasteiger partial charge < -0.3 is 21.1 Å². The van der Waals surface area contributed by atoms with E-state index in [9.17, 15) is 14.7 Å². The number of nitrogens with one attached hydrogen (secondary N) is 1. The summed E-state index contributed by atoms with van der Waals surface area (Å²) in [6.07, 6.45) is 5.30. The summed E-state index contributed by atoms with van der Waals surface area (Å²) in [6, 6.07) is 3.39. The summed E-state index contributed by atoms with van der Waals surface area (Å²) in [7, 11) is 0. The van der Waals surface area contributed by atoms with E-state index in [1.165, 1.54) is 6.08 Å². The molecule has 0 spiro atoms. The minimum atomic E-state index is -0.516. The number of allylic oxidation sites excluding steroid dienone is 1. The fourth-order valence-electron chi connectivity index (χ4n) is 2.81. The first kappa shape index (κ1) is 14.2. The highest BCUT2D eigenvalue weighted by molar-refractivity contribution is 6.03. The van der Waals surface area contributed by atoms with Crippen molar-refractivity contribution >= 4 is 17.5 Å². The van der Waals surface area contributed by atoms with Crippen LogP contribution in [0.3, 0.4) is 0 Å². The number of rotatable bonds is 2. The van der Waals surface area contributed by atoms with Gasteiger partial charge in [-0.3, -0.25) is 9.59 Å². The molecular weight excluding hydrogens is 282 g/mol. The number of carbonyl (C=O) groups excluding carboxylic acids is 2. The van der Waals surface area contributed by atoms with Gasteiger partial charge in [0.25, 0.3) is 5.91 Å². The fourth-order valence-corrected chi connectivity index (χ4v) is 2.81. The third kappa shape index (κ3) is 2.32. The Morgan fingerprint density at radius 1 is 1.50 bits per heavy atom. The monoisotopic (exact) mass is 299 g/mol. The largest absolute Gasteiger partial charge is 0.505 e.